The zero-order valence-corrected chi connectivity index (χ0v) is 23.0. The summed E-state index contributed by atoms with van der Waals surface area (Å²) in [7, 11) is 6.11. The van der Waals surface area contributed by atoms with Gasteiger partial charge in [-0.1, -0.05) is 70.8 Å². The van der Waals surface area contributed by atoms with E-state index in [1.54, 1.807) is 44.6 Å². The third kappa shape index (κ3) is 9.94. The van der Waals surface area contributed by atoms with Crippen LogP contribution < -0.4 is 23.7 Å². The van der Waals surface area contributed by atoms with Gasteiger partial charge in [0.1, 0.15) is 17.2 Å². The Labute approximate surface area is 221 Å². The summed E-state index contributed by atoms with van der Waals surface area (Å²) in [6.07, 6.45) is 12.5. The smallest absolute Gasteiger partial charge is 0.311 e. The van der Waals surface area contributed by atoms with E-state index in [0.29, 0.717) is 46.5 Å². The lowest BCUT2D eigenvalue weighted by Crippen LogP contribution is -2.08. The first-order valence-electron chi connectivity index (χ1n) is 13.2. The van der Waals surface area contributed by atoms with Crippen LogP contribution in [0.25, 0.3) is 0 Å². The molecule has 0 N–H and O–H groups in total. The number of azo groups is 1. The highest BCUT2D eigenvalue weighted by molar-refractivity contribution is 5.74. The van der Waals surface area contributed by atoms with Crippen molar-refractivity contribution in [1.29, 1.82) is 0 Å². The monoisotopic (exact) mass is 514 g/mol. The van der Waals surface area contributed by atoms with Gasteiger partial charge in [-0.05, 0) is 18.6 Å². The zero-order valence-electron chi connectivity index (χ0n) is 23.0. The van der Waals surface area contributed by atoms with Gasteiger partial charge in [-0.15, -0.1) is 10.2 Å². The topological polar surface area (TPSA) is 87.9 Å². The van der Waals surface area contributed by atoms with E-state index in [2.05, 4.69) is 17.2 Å². The molecule has 0 saturated heterocycles. The maximum Gasteiger partial charge on any atom is 0.311 e. The van der Waals surface area contributed by atoms with Gasteiger partial charge in [0, 0.05) is 18.6 Å². The van der Waals surface area contributed by atoms with Crippen LogP contribution in [-0.2, 0) is 4.79 Å². The number of rotatable bonds is 18. The Hall–Kier alpha value is -3.29. The second kappa shape index (κ2) is 17.2. The number of benzene rings is 2. The lowest BCUT2D eigenvalue weighted by Gasteiger charge is -2.13. The first kappa shape index (κ1) is 29.9. The van der Waals surface area contributed by atoms with Crippen molar-refractivity contribution in [1.82, 2.24) is 0 Å². The quantitative estimate of drug-likeness (QED) is 0.0859. The van der Waals surface area contributed by atoms with Crippen molar-refractivity contribution in [3.63, 3.8) is 0 Å². The van der Waals surface area contributed by atoms with Gasteiger partial charge in [0.05, 0.1) is 28.4 Å². The van der Waals surface area contributed by atoms with Crippen molar-refractivity contribution in [3.05, 3.63) is 30.3 Å². The summed E-state index contributed by atoms with van der Waals surface area (Å²) in [5.74, 6) is 1.80. The van der Waals surface area contributed by atoms with Crippen LogP contribution >= 0.6 is 0 Å². The van der Waals surface area contributed by atoms with Crippen LogP contribution in [0.5, 0.6) is 28.7 Å². The number of carbonyl (C=O) groups excluding carboxylic acids is 1. The van der Waals surface area contributed by atoms with Gasteiger partial charge in [-0.25, -0.2) is 0 Å². The molecule has 37 heavy (non-hydrogen) atoms. The minimum absolute atomic E-state index is 0.281. The van der Waals surface area contributed by atoms with Gasteiger partial charge in [-0.3, -0.25) is 4.79 Å². The van der Waals surface area contributed by atoms with Gasteiger partial charge >= 0.3 is 5.97 Å². The molecule has 2 aromatic rings. The second-order valence-corrected chi connectivity index (χ2v) is 8.79. The third-order valence-electron chi connectivity index (χ3n) is 6.07. The fourth-order valence-electron chi connectivity index (χ4n) is 4.00. The van der Waals surface area contributed by atoms with Crippen LogP contribution in [0.2, 0.25) is 0 Å². The van der Waals surface area contributed by atoms with Crippen molar-refractivity contribution >= 4 is 17.3 Å². The van der Waals surface area contributed by atoms with Crippen LogP contribution in [0, 0.1) is 0 Å². The third-order valence-corrected chi connectivity index (χ3v) is 6.07. The molecule has 0 heterocycles. The molecule has 2 aromatic carbocycles. The van der Waals surface area contributed by atoms with Crippen molar-refractivity contribution in [2.75, 3.05) is 28.4 Å². The summed E-state index contributed by atoms with van der Waals surface area (Å²) < 4.78 is 27.3. The molecule has 0 saturated carbocycles. The highest BCUT2D eigenvalue weighted by atomic mass is 16.5. The van der Waals surface area contributed by atoms with Crippen LogP contribution in [0.15, 0.2) is 40.6 Å². The molecule has 0 amide bonds. The summed E-state index contributed by atoms with van der Waals surface area (Å²) in [5.41, 5.74) is 0.788. The van der Waals surface area contributed by atoms with Crippen LogP contribution in [0.3, 0.4) is 0 Å². The lowest BCUT2D eigenvalue weighted by molar-refractivity contribution is -0.134. The number of ether oxygens (including phenoxy) is 5. The Balaban J connectivity index is 1.96. The highest BCUT2D eigenvalue weighted by Gasteiger charge is 2.17. The Morgan fingerprint density at radius 1 is 0.649 bits per heavy atom. The normalized spacial score (nSPS) is 10.9. The molecule has 204 valence electrons. The van der Waals surface area contributed by atoms with E-state index in [9.17, 15) is 4.79 Å². The second-order valence-electron chi connectivity index (χ2n) is 8.79. The van der Waals surface area contributed by atoms with E-state index in [4.69, 9.17) is 23.7 Å². The Morgan fingerprint density at radius 3 is 1.54 bits per heavy atom. The standard InChI is InChI=1S/C29H42N2O6/c1-6-7-8-9-10-11-12-13-14-15-19-27(32)37-22-20-25(35-4)29(26(21-22)36-5)31-30-28-23(33-2)17-16-18-24(28)34-3/h16-18,20-21H,6-15,19H2,1-5H3. The van der Waals surface area contributed by atoms with Crippen LogP contribution in [0.4, 0.5) is 11.4 Å². The molecule has 0 aliphatic carbocycles. The fraction of sp³-hybridized carbons (Fsp3) is 0.552. The summed E-state index contributed by atoms with van der Waals surface area (Å²) in [6, 6.07) is 8.54. The Bertz CT molecular complexity index is 945. The van der Waals surface area contributed by atoms with E-state index in [0.717, 1.165) is 19.3 Å². The molecular weight excluding hydrogens is 472 g/mol. The molecular formula is C29H42N2O6. The summed E-state index contributed by atoms with van der Waals surface area (Å²) in [6.45, 7) is 2.24. The molecule has 8 nitrogen and oxygen atoms in total. The van der Waals surface area contributed by atoms with Gasteiger partial charge in [0.2, 0.25) is 0 Å². The van der Waals surface area contributed by atoms with Gasteiger partial charge < -0.3 is 23.7 Å². The Morgan fingerprint density at radius 2 is 1.08 bits per heavy atom. The van der Waals surface area contributed by atoms with Crippen molar-refractivity contribution < 1.29 is 28.5 Å². The Kier molecular flexibility index (Phi) is 13.9. The van der Waals surface area contributed by atoms with Gasteiger partial charge in [0.15, 0.2) is 22.9 Å². The largest absolute Gasteiger partial charge is 0.494 e. The highest BCUT2D eigenvalue weighted by Crippen LogP contribution is 2.44. The van der Waals surface area contributed by atoms with E-state index in [1.807, 2.05) is 0 Å². The molecule has 0 aliphatic heterocycles. The number of methoxy groups -OCH3 is 4. The molecule has 0 aliphatic rings. The maximum absolute atomic E-state index is 12.4. The minimum Gasteiger partial charge on any atom is -0.494 e. The summed E-state index contributed by atoms with van der Waals surface area (Å²) in [4.78, 5) is 12.4. The fourth-order valence-corrected chi connectivity index (χ4v) is 4.00. The predicted molar refractivity (Wildman–Crippen MR) is 145 cm³/mol. The molecule has 8 heteroatoms. The van der Waals surface area contributed by atoms with Crippen molar-refractivity contribution in [2.45, 2.75) is 77.6 Å². The number of nitrogens with zero attached hydrogens (tertiary/aromatic N) is 2. The molecule has 0 atom stereocenters. The molecule has 2 rings (SSSR count). The summed E-state index contributed by atoms with van der Waals surface area (Å²) in [5, 5.41) is 8.66. The van der Waals surface area contributed by atoms with E-state index < -0.39 is 0 Å². The SMILES string of the molecule is CCCCCCCCCCCCC(=O)Oc1cc(OC)c(N=Nc2c(OC)cccc2OC)c(OC)c1. The first-order valence-corrected chi connectivity index (χ1v) is 13.2. The number of unbranched alkanes of at least 4 members (excludes halogenated alkanes) is 9. The van der Waals surface area contributed by atoms with E-state index >= 15 is 0 Å². The summed E-state index contributed by atoms with van der Waals surface area (Å²) >= 11 is 0. The molecule has 0 unspecified atom stereocenters. The van der Waals surface area contributed by atoms with Gasteiger partial charge in [0.25, 0.3) is 0 Å². The molecule has 0 bridgehead atoms. The number of esters is 1. The maximum atomic E-state index is 12.4. The molecule has 0 aromatic heterocycles. The van der Waals surface area contributed by atoms with Crippen LogP contribution in [-0.4, -0.2) is 34.4 Å². The zero-order chi connectivity index (χ0) is 26.9. The number of carbonyl (C=O) groups is 1. The number of hydrogen-bond donors (Lipinski definition) is 0. The molecule has 0 radical (unpaired) electrons. The average Bonchev–Trinajstić information content (AvgIpc) is 2.92. The van der Waals surface area contributed by atoms with E-state index in [-0.39, 0.29) is 5.97 Å². The van der Waals surface area contributed by atoms with Crippen molar-refractivity contribution in [3.8, 4) is 28.7 Å². The minimum atomic E-state index is -0.281. The van der Waals surface area contributed by atoms with Crippen LogP contribution in [0.1, 0.15) is 77.6 Å². The first-order chi connectivity index (χ1) is 18.1. The van der Waals surface area contributed by atoms with Crippen molar-refractivity contribution in [2.24, 2.45) is 10.2 Å². The number of hydrogen-bond acceptors (Lipinski definition) is 8. The average molecular weight is 515 g/mol. The van der Waals surface area contributed by atoms with Gasteiger partial charge in [-0.2, -0.15) is 0 Å². The lowest BCUT2D eigenvalue weighted by atomic mass is 10.1. The molecule has 0 fully saturated rings. The predicted octanol–water partition coefficient (Wildman–Crippen LogP) is 8.35. The van der Waals surface area contributed by atoms with E-state index in [1.165, 1.54) is 59.2 Å². The molecule has 0 spiro atoms.